The maximum absolute atomic E-state index is 11.3. The molecule has 0 amide bonds. The molecule has 1 unspecified atom stereocenters. The third kappa shape index (κ3) is 5.44. The Balaban J connectivity index is 2.26. The van der Waals surface area contributed by atoms with Crippen molar-refractivity contribution in [3.8, 4) is 0 Å². The third-order valence-electron chi connectivity index (χ3n) is 3.40. The molecule has 1 aliphatic heterocycles. The maximum atomic E-state index is 11.3. The molecule has 1 aliphatic rings. The summed E-state index contributed by atoms with van der Waals surface area (Å²) in [4.78, 5) is 0. The molecular weight excluding hydrogens is 218 g/mol. The highest BCUT2D eigenvalue weighted by atomic mass is 32.2. The van der Waals surface area contributed by atoms with Gasteiger partial charge in [0.2, 0.25) is 0 Å². The zero-order valence-corrected chi connectivity index (χ0v) is 11.7. The van der Waals surface area contributed by atoms with Gasteiger partial charge in [-0.05, 0) is 25.7 Å². The van der Waals surface area contributed by atoms with E-state index in [2.05, 4.69) is 19.2 Å². The molecule has 16 heavy (non-hydrogen) atoms. The molecule has 0 aromatic rings. The van der Waals surface area contributed by atoms with Crippen molar-refractivity contribution in [3.05, 3.63) is 0 Å². The highest BCUT2D eigenvalue weighted by molar-refractivity contribution is 7.85. The second kappa shape index (κ2) is 8.24. The Morgan fingerprint density at radius 2 is 1.88 bits per heavy atom. The first-order valence-electron chi connectivity index (χ1n) is 6.87. The lowest BCUT2D eigenvalue weighted by atomic mass is 10.0. The molecule has 0 aromatic carbocycles. The second-order valence-corrected chi connectivity index (χ2v) is 6.61. The average Bonchev–Trinajstić information content (AvgIpc) is 2.29. The van der Waals surface area contributed by atoms with Crippen molar-refractivity contribution in [2.75, 3.05) is 11.5 Å². The van der Waals surface area contributed by atoms with Crippen LogP contribution in [0.3, 0.4) is 0 Å². The van der Waals surface area contributed by atoms with Crippen LogP contribution >= 0.6 is 0 Å². The van der Waals surface area contributed by atoms with E-state index >= 15 is 0 Å². The van der Waals surface area contributed by atoms with E-state index in [9.17, 15) is 4.21 Å². The summed E-state index contributed by atoms with van der Waals surface area (Å²) >= 11 is 0. The Hall–Kier alpha value is 0.110. The van der Waals surface area contributed by atoms with Crippen molar-refractivity contribution in [1.29, 1.82) is 0 Å². The molecule has 0 radical (unpaired) electrons. The number of rotatable bonds is 7. The van der Waals surface area contributed by atoms with Gasteiger partial charge < -0.3 is 5.32 Å². The van der Waals surface area contributed by atoms with Gasteiger partial charge in [0.25, 0.3) is 0 Å². The number of nitrogens with one attached hydrogen (secondary N) is 1. The Morgan fingerprint density at radius 3 is 2.44 bits per heavy atom. The van der Waals surface area contributed by atoms with E-state index in [0.29, 0.717) is 12.1 Å². The van der Waals surface area contributed by atoms with Crippen molar-refractivity contribution in [3.63, 3.8) is 0 Å². The minimum Gasteiger partial charge on any atom is -0.311 e. The zero-order chi connectivity index (χ0) is 11.8. The van der Waals surface area contributed by atoms with E-state index < -0.39 is 10.8 Å². The summed E-state index contributed by atoms with van der Waals surface area (Å²) in [5.41, 5.74) is 0. The van der Waals surface area contributed by atoms with E-state index in [1.54, 1.807) is 0 Å². The van der Waals surface area contributed by atoms with E-state index in [1.165, 1.54) is 32.1 Å². The predicted molar refractivity (Wildman–Crippen MR) is 72.3 cm³/mol. The molecule has 1 heterocycles. The van der Waals surface area contributed by atoms with Crippen molar-refractivity contribution in [1.82, 2.24) is 5.32 Å². The third-order valence-corrected chi connectivity index (χ3v) is 4.78. The number of hydrogen-bond acceptors (Lipinski definition) is 2. The molecule has 1 atom stereocenters. The lowest BCUT2D eigenvalue weighted by Crippen LogP contribution is -2.42. The summed E-state index contributed by atoms with van der Waals surface area (Å²) in [6, 6.07) is 1.33. The lowest BCUT2D eigenvalue weighted by molar-refractivity contribution is 0.362. The van der Waals surface area contributed by atoms with Gasteiger partial charge in [-0.15, -0.1) is 0 Å². The van der Waals surface area contributed by atoms with Gasteiger partial charge in [0, 0.05) is 34.4 Å². The lowest BCUT2D eigenvalue weighted by Gasteiger charge is -2.28. The molecule has 1 N–H and O–H groups in total. The molecule has 1 rings (SSSR count). The Morgan fingerprint density at radius 1 is 1.19 bits per heavy atom. The fourth-order valence-corrected chi connectivity index (χ4v) is 3.70. The second-order valence-electron chi connectivity index (χ2n) is 4.92. The summed E-state index contributed by atoms with van der Waals surface area (Å²) < 4.78 is 11.3. The summed E-state index contributed by atoms with van der Waals surface area (Å²) in [6.07, 6.45) is 8.70. The van der Waals surface area contributed by atoms with Crippen molar-refractivity contribution in [2.45, 2.75) is 70.9 Å². The van der Waals surface area contributed by atoms with Gasteiger partial charge in [-0.2, -0.15) is 0 Å². The minimum absolute atomic E-state index is 0.525. The smallest absolute Gasteiger partial charge is 0.0249 e. The molecule has 0 spiro atoms. The Bertz CT molecular complexity index is 198. The van der Waals surface area contributed by atoms with Crippen LogP contribution in [0.1, 0.15) is 58.8 Å². The molecule has 1 fully saturated rings. The average molecular weight is 245 g/mol. The first kappa shape index (κ1) is 14.2. The molecule has 0 bridgehead atoms. The minimum atomic E-state index is -0.525. The van der Waals surface area contributed by atoms with E-state index in [0.717, 1.165) is 24.3 Å². The van der Waals surface area contributed by atoms with Crippen LogP contribution < -0.4 is 5.32 Å². The molecule has 0 saturated carbocycles. The van der Waals surface area contributed by atoms with Gasteiger partial charge in [0.15, 0.2) is 0 Å². The van der Waals surface area contributed by atoms with Crippen LogP contribution in [0.2, 0.25) is 0 Å². The standard InChI is InChI=1S/C13H27NOS/c1-3-5-7-12(6-4-2)14-13-8-10-16(15)11-9-13/h12-14H,3-11H2,1-2H3. The molecular formula is C13H27NOS. The van der Waals surface area contributed by atoms with Crippen molar-refractivity contribution < 1.29 is 4.21 Å². The first-order chi connectivity index (χ1) is 7.76. The van der Waals surface area contributed by atoms with E-state index in [4.69, 9.17) is 0 Å². The van der Waals surface area contributed by atoms with E-state index in [1.807, 2.05) is 0 Å². The molecule has 96 valence electrons. The normalized spacial score (nSPS) is 27.9. The predicted octanol–water partition coefficient (Wildman–Crippen LogP) is 2.85. The molecule has 3 heteroatoms. The zero-order valence-electron chi connectivity index (χ0n) is 10.8. The van der Waals surface area contributed by atoms with Crippen LogP contribution in [0.5, 0.6) is 0 Å². The van der Waals surface area contributed by atoms with Gasteiger partial charge >= 0.3 is 0 Å². The first-order valence-corrected chi connectivity index (χ1v) is 8.36. The van der Waals surface area contributed by atoms with Crippen LogP contribution in [0.25, 0.3) is 0 Å². The van der Waals surface area contributed by atoms with Gasteiger partial charge in [-0.25, -0.2) is 0 Å². The summed E-state index contributed by atoms with van der Waals surface area (Å²) in [7, 11) is -0.525. The maximum Gasteiger partial charge on any atom is 0.0249 e. The van der Waals surface area contributed by atoms with Crippen LogP contribution in [0.4, 0.5) is 0 Å². The number of unbranched alkanes of at least 4 members (excludes halogenated alkanes) is 1. The molecule has 0 aliphatic carbocycles. The number of hydrogen-bond donors (Lipinski definition) is 1. The van der Waals surface area contributed by atoms with Gasteiger partial charge in [0.1, 0.15) is 0 Å². The SMILES string of the molecule is CCCCC(CCC)NC1CCS(=O)CC1. The molecule has 2 nitrogen and oxygen atoms in total. The van der Waals surface area contributed by atoms with Gasteiger partial charge in [0.05, 0.1) is 0 Å². The van der Waals surface area contributed by atoms with Crippen LogP contribution in [0.15, 0.2) is 0 Å². The van der Waals surface area contributed by atoms with Gasteiger partial charge in [-0.1, -0.05) is 33.1 Å². The fraction of sp³-hybridized carbons (Fsp3) is 1.00. The van der Waals surface area contributed by atoms with E-state index in [-0.39, 0.29) is 0 Å². The van der Waals surface area contributed by atoms with Crippen LogP contribution in [-0.4, -0.2) is 27.8 Å². The quantitative estimate of drug-likeness (QED) is 0.747. The molecule has 0 aromatic heterocycles. The van der Waals surface area contributed by atoms with Crippen LogP contribution in [0, 0.1) is 0 Å². The summed E-state index contributed by atoms with van der Waals surface area (Å²) in [5.74, 6) is 1.81. The van der Waals surface area contributed by atoms with Crippen molar-refractivity contribution in [2.24, 2.45) is 0 Å². The van der Waals surface area contributed by atoms with Gasteiger partial charge in [-0.3, -0.25) is 4.21 Å². The highest BCUT2D eigenvalue weighted by Crippen LogP contribution is 2.14. The monoisotopic (exact) mass is 245 g/mol. The van der Waals surface area contributed by atoms with Crippen molar-refractivity contribution >= 4 is 10.8 Å². The Labute approximate surface area is 103 Å². The topological polar surface area (TPSA) is 29.1 Å². The fourth-order valence-electron chi connectivity index (χ4n) is 2.40. The summed E-state index contributed by atoms with van der Waals surface area (Å²) in [6.45, 7) is 4.52. The molecule has 1 saturated heterocycles. The highest BCUT2D eigenvalue weighted by Gasteiger charge is 2.20. The van der Waals surface area contributed by atoms with Crippen LogP contribution in [-0.2, 0) is 10.8 Å². The largest absolute Gasteiger partial charge is 0.311 e. The summed E-state index contributed by atoms with van der Waals surface area (Å²) in [5, 5.41) is 3.78. The Kier molecular flexibility index (Phi) is 7.30.